The van der Waals surface area contributed by atoms with Gasteiger partial charge in [-0.3, -0.25) is 4.79 Å². The van der Waals surface area contributed by atoms with E-state index in [4.69, 9.17) is 0 Å². The predicted molar refractivity (Wildman–Crippen MR) is 115 cm³/mol. The number of benzene rings is 3. The molecule has 0 radical (unpaired) electrons. The van der Waals surface area contributed by atoms with Gasteiger partial charge in [-0.05, 0) is 43.7 Å². The number of nitrogens with zero attached hydrogens (tertiary/aromatic N) is 1. The van der Waals surface area contributed by atoms with E-state index in [9.17, 15) is 13.2 Å². The second kappa shape index (κ2) is 8.84. The van der Waals surface area contributed by atoms with Crippen molar-refractivity contribution in [1.82, 2.24) is 5.32 Å². The molecular weight excluding hydrogens is 384 g/mol. The molecule has 29 heavy (non-hydrogen) atoms. The lowest BCUT2D eigenvalue weighted by atomic mass is 10.1. The lowest BCUT2D eigenvalue weighted by molar-refractivity contribution is 0.0976. The van der Waals surface area contributed by atoms with E-state index in [1.165, 1.54) is 12.1 Å². The van der Waals surface area contributed by atoms with Crippen LogP contribution in [0.4, 0.5) is 0 Å². The van der Waals surface area contributed by atoms with Crippen LogP contribution in [0.15, 0.2) is 88.2 Å². The summed E-state index contributed by atoms with van der Waals surface area (Å²) < 4.78 is 29.5. The number of carbonyl (C=O) groups excluding carboxylic acids is 1. The van der Waals surface area contributed by atoms with Crippen molar-refractivity contribution < 1.29 is 13.2 Å². The monoisotopic (exact) mass is 406 g/mol. The largest absolute Gasteiger partial charge is 0.309 e. The molecule has 0 bridgehead atoms. The topological polar surface area (TPSA) is 75.6 Å². The van der Waals surface area contributed by atoms with E-state index in [0.29, 0.717) is 5.56 Å². The number of amides is 1. The number of carbonyl (C=O) groups is 1. The van der Waals surface area contributed by atoms with E-state index in [0.717, 1.165) is 16.7 Å². The third kappa shape index (κ3) is 5.62. The highest BCUT2D eigenvalue weighted by molar-refractivity contribution is 7.90. The minimum absolute atomic E-state index is 0.0725. The first-order chi connectivity index (χ1) is 13.8. The van der Waals surface area contributed by atoms with Crippen molar-refractivity contribution in [3.8, 4) is 0 Å². The molecule has 0 aliphatic carbocycles. The summed E-state index contributed by atoms with van der Waals surface area (Å²) in [5.41, 5.74) is 3.17. The lowest BCUT2D eigenvalue weighted by Gasteiger charge is -2.10. The van der Waals surface area contributed by atoms with Crippen molar-refractivity contribution in [2.75, 3.05) is 0 Å². The predicted octanol–water partition coefficient (Wildman–Crippen LogP) is 4.06. The van der Waals surface area contributed by atoms with Gasteiger partial charge in [0.1, 0.15) is 5.84 Å². The molecule has 1 amide bonds. The van der Waals surface area contributed by atoms with Crippen LogP contribution in [0.5, 0.6) is 0 Å². The maximum Gasteiger partial charge on any atom is 0.283 e. The molecule has 0 aliphatic heterocycles. The normalized spacial score (nSPS) is 11.9. The molecule has 0 aliphatic rings. The van der Waals surface area contributed by atoms with Gasteiger partial charge in [-0.25, -0.2) is 0 Å². The molecule has 3 rings (SSSR count). The number of aryl methyl sites for hydroxylation is 2. The first-order valence-corrected chi connectivity index (χ1v) is 10.6. The minimum atomic E-state index is -3.96. The molecule has 148 valence electrons. The Balaban J connectivity index is 1.94. The standard InChI is InChI=1S/C23H22N2O3S/c1-17-11-13-21(14-12-17)29(27,28)25-22(16-19-8-4-3-5-9-19)24-23(26)20-10-6-7-18(2)15-20/h3-15H,16H2,1-2H3,(H,24,25,26). The number of sulfonamides is 1. The van der Waals surface area contributed by atoms with Crippen molar-refractivity contribution in [1.29, 1.82) is 0 Å². The van der Waals surface area contributed by atoms with Gasteiger partial charge in [0.2, 0.25) is 0 Å². The summed E-state index contributed by atoms with van der Waals surface area (Å²) in [6.07, 6.45) is 0.184. The van der Waals surface area contributed by atoms with Crippen LogP contribution in [0.1, 0.15) is 27.0 Å². The Kier molecular flexibility index (Phi) is 6.24. The van der Waals surface area contributed by atoms with Gasteiger partial charge in [-0.2, -0.15) is 8.42 Å². The summed E-state index contributed by atoms with van der Waals surface area (Å²) in [6.45, 7) is 3.76. The van der Waals surface area contributed by atoms with E-state index in [1.807, 2.05) is 50.2 Å². The van der Waals surface area contributed by atoms with E-state index in [1.54, 1.807) is 30.3 Å². The Morgan fingerprint density at radius 2 is 1.55 bits per heavy atom. The Hall–Kier alpha value is -3.25. The van der Waals surface area contributed by atoms with Crippen molar-refractivity contribution in [2.24, 2.45) is 4.40 Å². The summed E-state index contributed by atoms with van der Waals surface area (Å²) in [5.74, 6) is -0.328. The summed E-state index contributed by atoms with van der Waals surface area (Å²) in [6, 6.07) is 22.8. The molecule has 0 unspecified atom stereocenters. The van der Waals surface area contributed by atoms with Crippen LogP contribution < -0.4 is 5.32 Å². The van der Waals surface area contributed by atoms with E-state index >= 15 is 0 Å². The zero-order valence-electron chi connectivity index (χ0n) is 16.3. The lowest BCUT2D eigenvalue weighted by Crippen LogP contribution is -2.33. The zero-order chi connectivity index (χ0) is 20.9. The summed E-state index contributed by atoms with van der Waals surface area (Å²) in [5, 5.41) is 2.68. The fraction of sp³-hybridized carbons (Fsp3) is 0.130. The molecule has 0 heterocycles. The van der Waals surface area contributed by atoms with Crippen LogP contribution in [-0.2, 0) is 16.4 Å². The zero-order valence-corrected chi connectivity index (χ0v) is 17.1. The Labute approximate surface area is 171 Å². The highest BCUT2D eigenvalue weighted by Gasteiger charge is 2.17. The molecule has 5 nitrogen and oxygen atoms in total. The molecule has 6 heteroatoms. The molecule has 0 aromatic heterocycles. The van der Waals surface area contributed by atoms with Crippen LogP contribution in [0, 0.1) is 13.8 Å². The fourth-order valence-corrected chi connectivity index (χ4v) is 3.77. The van der Waals surface area contributed by atoms with Crippen LogP contribution in [0.25, 0.3) is 0 Å². The number of amidine groups is 1. The summed E-state index contributed by atoms with van der Waals surface area (Å²) in [4.78, 5) is 12.8. The second-order valence-corrected chi connectivity index (χ2v) is 8.42. The molecule has 1 N–H and O–H groups in total. The van der Waals surface area contributed by atoms with Crippen LogP contribution in [0.2, 0.25) is 0 Å². The highest BCUT2D eigenvalue weighted by atomic mass is 32.2. The molecule has 0 saturated heterocycles. The van der Waals surface area contributed by atoms with Crippen LogP contribution in [0.3, 0.4) is 0 Å². The number of hydrogen-bond acceptors (Lipinski definition) is 3. The molecule has 3 aromatic carbocycles. The number of hydrogen-bond donors (Lipinski definition) is 1. The summed E-state index contributed by atoms with van der Waals surface area (Å²) in [7, 11) is -3.96. The molecule has 0 spiro atoms. The second-order valence-electron chi connectivity index (χ2n) is 6.81. The average Bonchev–Trinajstić information content (AvgIpc) is 2.68. The maximum absolute atomic E-state index is 12.8. The third-order valence-electron chi connectivity index (χ3n) is 4.30. The van der Waals surface area contributed by atoms with E-state index in [2.05, 4.69) is 9.71 Å². The molecule has 0 saturated carbocycles. The first kappa shape index (κ1) is 20.5. The van der Waals surface area contributed by atoms with Crippen molar-refractivity contribution >= 4 is 21.8 Å². The molecule has 0 atom stereocenters. The Morgan fingerprint density at radius 1 is 0.862 bits per heavy atom. The van der Waals surface area contributed by atoms with Gasteiger partial charge in [0, 0.05) is 12.0 Å². The molecular formula is C23H22N2O3S. The summed E-state index contributed by atoms with van der Waals surface area (Å²) >= 11 is 0. The van der Waals surface area contributed by atoms with Crippen LogP contribution >= 0.6 is 0 Å². The SMILES string of the molecule is Cc1ccc(S(=O)(=O)/N=C(\Cc2ccccc2)NC(=O)c2cccc(C)c2)cc1. The quantitative estimate of drug-likeness (QED) is 0.513. The van der Waals surface area contributed by atoms with Crippen molar-refractivity contribution in [3.05, 3.63) is 101 Å². The van der Waals surface area contributed by atoms with Gasteiger partial charge in [0.25, 0.3) is 15.9 Å². The highest BCUT2D eigenvalue weighted by Crippen LogP contribution is 2.14. The first-order valence-electron chi connectivity index (χ1n) is 9.16. The van der Waals surface area contributed by atoms with Crippen molar-refractivity contribution in [3.63, 3.8) is 0 Å². The van der Waals surface area contributed by atoms with Gasteiger partial charge in [0.05, 0.1) is 4.90 Å². The Bertz CT molecular complexity index is 1140. The van der Waals surface area contributed by atoms with Gasteiger partial charge in [-0.15, -0.1) is 4.40 Å². The Morgan fingerprint density at radius 3 is 2.21 bits per heavy atom. The van der Waals surface area contributed by atoms with Gasteiger partial charge < -0.3 is 5.32 Å². The van der Waals surface area contributed by atoms with E-state index in [-0.39, 0.29) is 17.2 Å². The number of nitrogens with one attached hydrogen (secondary N) is 1. The molecule has 0 fully saturated rings. The average molecular weight is 407 g/mol. The number of rotatable bonds is 5. The van der Waals surface area contributed by atoms with Crippen molar-refractivity contribution in [2.45, 2.75) is 25.2 Å². The van der Waals surface area contributed by atoms with Gasteiger partial charge in [-0.1, -0.05) is 65.7 Å². The third-order valence-corrected chi connectivity index (χ3v) is 5.63. The van der Waals surface area contributed by atoms with Gasteiger partial charge in [0.15, 0.2) is 0 Å². The van der Waals surface area contributed by atoms with E-state index < -0.39 is 15.9 Å². The molecule has 3 aromatic rings. The minimum Gasteiger partial charge on any atom is -0.309 e. The maximum atomic E-state index is 12.8. The fourth-order valence-electron chi connectivity index (χ4n) is 2.79. The van der Waals surface area contributed by atoms with Gasteiger partial charge >= 0.3 is 0 Å². The smallest absolute Gasteiger partial charge is 0.283 e. The van der Waals surface area contributed by atoms with Crippen LogP contribution in [-0.4, -0.2) is 20.2 Å².